The van der Waals surface area contributed by atoms with Crippen molar-refractivity contribution in [1.82, 2.24) is 5.32 Å². The molecule has 0 bridgehead atoms. The fourth-order valence-corrected chi connectivity index (χ4v) is 2.41. The third kappa shape index (κ3) is 5.64. The van der Waals surface area contributed by atoms with E-state index in [2.05, 4.69) is 5.32 Å². The Bertz CT molecular complexity index is 700. The lowest BCUT2D eigenvalue weighted by Gasteiger charge is -2.17. The molecule has 5 nitrogen and oxygen atoms in total. The smallest absolute Gasteiger partial charge is 0.344 e. The van der Waals surface area contributed by atoms with Crippen molar-refractivity contribution in [2.45, 2.75) is 38.8 Å². The number of amides is 1. The lowest BCUT2D eigenvalue weighted by atomic mass is 10.1. The van der Waals surface area contributed by atoms with Crippen molar-refractivity contribution in [2.75, 3.05) is 0 Å². The van der Waals surface area contributed by atoms with Gasteiger partial charge in [-0.1, -0.05) is 49.7 Å². The molecule has 0 aliphatic heterocycles. The van der Waals surface area contributed by atoms with E-state index in [1.807, 2.05) is 25.1 Å². The number of rotatable bonds is 9. The summed E-state index contributed by atoms with van der Waals surface area (Å²) in [6.07, 6.45) is 1.26. The first-order chi connectivity index (χ1) is 12.1. The van der Waals surface area contributed by atoms with Gasteiger partial charge in [0.05, 0.1) is 0 Å². The number of benzene rings is 2. The molecule has 0 spiro atoms. The van der Waals surface area contributed by atoms with Crippen molar-refractivity contribution in [2.24, 2.45) is 0 Å². The number of para-hydroxylation sites is 1. The van der Waals surface area contributed by atoms with Gasteiger partial charge in [-0.3, -0.25) is 4.79 Å². The van der Waals surface area contributed by atoms with Crippen LogP contribution >= 0.6 is 0 Å². The predicted octanol–water partition coefficient (Wildman–Crippen LogP) is 3.64. The van der Waals surface area contributed by atoms with Crippen LogP contribution in [0.5, 0.6) is 5.75 Å². The summed E-state index contributed by atoms with van der Waals surface area (Å²) in [5.74, 6) is -0.674. The highest BCUT2D eigenvalue weighted by Crippen LogP contribution is 2.21. The summed E-state index contributed by atoms with van der Waals surface area (Å²) in [6, 6.07) is 16.1. The highest BCUT2D eigenvalue weighted by atomic mass is 16.5. The molecule has 2 aromatic carbocycles. The van der Waals surface area contributed by atoms with Crippen molar-refractivity contribution in [3.63, 3.8) is 0 Å². The molecule has 0 saturated carbocycles. The summed E-state index contributed by atoms with van der Waals surface area (Å²) in [7, 11) is 0. The lowest BCUT2D eigenvalue weighted by Crippen LogP contribution is -2.28. The topological polar surface area (TPSA) is 75.6 Å². The molecule has 1 atom stereocenters. The molecule has 0 radical (unpaired) electrons. The number of carboxylic acids is 1. The zero-order chi connectivity index (χ0) is 18.1. The zero-order valence-electron chi connectivity index (χ0n) is 14.3. The number of unbranched alkanes of at least 4 members (excludes halogenated alkanes) is 1. The molecule has 2 rings (SSSR count). The number of carbonyl (C=O) groups excluding carboxylic acids is 1. The van der Waals surface area contributed by atoms with Crippen LogP contribution in [-0.4, -0.2) is 23.1 Å². The molecular formula is C20H23NO4. The molecule has 1 unspecified atom stereocenters. The number of hydrogen-bond acceptors (Lipinski definition) is 3. The van der Waals surface area contributed by atoms with Gasteiger partial charge >= 0.3 is 5.97 Å². The van der Waals surface area contributed by atoms with E-state index < -0.39 is 12.1 Å². The van der Waals surface area contributed by atoms with Gasteiger partial charge in [0, 0.05) is 17.7 Å². The number of carboxylic acid groups (broad SMARTS) is 1. The second-order valence-corrected chi connectivity index (χ2v) is 5.74. The Morgan fingerprint density at radius 2 is 1.76 bits per heavy atom. The van der Waals surface area contributed by atoms with Gasteiger partial charge in [0.1, 0.15) is 5.75 Å². The highest BCUT2D eigenvalue weighted by molar-refractivity contribution is 5.94. The molecule has 0 heterocycles. The Morgan fingerprint density at radius 3 is 2.44 bits per heavy atom. The second kappa shape index (κ2) is 9.47. The molecule has 0 aliphatic carbocycles. The number of ether oxygens (including phenoxy) is 1. The molecule has 2 N–H and O–H groups in total. The van der Waals surface area contributed by atoms with Crippen LogP contribution in [0.4, 0.5) is 0 Å². The van der Waals surface area contributed by atoms with Gasteiger partial charge in [-0.25, -0.2) is 4.79 Å². The van der Waals surface area contributed by atoms with E-state index >= 15 is 0 Å². The van der Waals surface area contributed by atoms with Gasteiger partial charge in [-0.15, -0.1) is 0 Å². The van der Waals surface area contributed by atoms with Crippen LogP contribution in [0.1, 0.15) is 42.1 Å². The summed E-state index contributed by atoms with van der Waals surface area (Å²) in [4.78, 5) is 23.5. The largest absolute Gasteiger partial charge is 0.479 e. The van der Waals surface area contributed by atoms with E-state index in [1.54, 1.807) is 36.4 Å². The van der Waals surface area contributed by atoms with Crippen LogP contribution in [0, 0.1) is 0 Å². The Labute approximate surface area is 147 Å². The third-order valence-corrected chi connectivity index (χ3v) is 3.81. The maximum absolute atomic E-state index is 12.2. The average molecular weight is 341 g/mol. The van der Waals surface area contributed by atoms with E-state index in [0.29, 0.717) is 17.7 Å². The molecule has 0 saturated heterocycles. The Kier molecular flexibility index (Phi) is 7.01. The van der Waals surface area contributed by atoms with E-state index in [9.17, 15) is 14.7 Å². The molecule has 25 heavy (non-hydrogen) atoms. The Morgan fingerprint density at radius 1 is 1.08 bits per heavy atom. The van der Waals surface area contributed by atoms with Crippen molar-refractivity contribution in [3.8, 4) is 5.75 Å². The monoisotopic (exact) mass is 341 g/mol. The first kappa shape index (κ1) is 18.5. The first-order valence-corrected chi connectivity index (χ1v) is 8.42. The van der Waals surface area contributed by atoms with Gasteiger partial charge in [-0.2, -0.15) is 0 Å². The van der Waals surface area contributed by atoms with E-state index in [-0.39, 0.29) is 12.5 Å². The molecular weight excluding hydrogens is 318 g/mol. The number of hydrogen-bond donors (Lipinski definition) is 2. The highest BCUT2D eigenvalue weighted by Gasteiger charge is 2.20. The molecule has 0 aromatic heterocycles. The summed E-state index contributed by atoms with van der Waals surface area (Å²) in [6.45, 7) is 2.27. The summed E-state index contributed by atoms with van der Waals surface area (Å²) < 4.78 is 5.70. The fourth-order valence-electron chi connectivity index (χ4n) is 2.41. The number of carbonyl (C=O) groups is 2. The minimum absolute atomic E-state index is 0.184. The average Bonchev–Trinajstić information content (AvgIpc) is 2.64. The van der Waals surface area contributed by atoms with Crippen LogP contribution in [0.3, 0.4) is 0 Å². The molecule has 0 aliphatic rings. The maximum atomic E-state index is 12.2. The third-order valence-electron chi connectivity index (χ3n) is 3.81. The van der Waals surface area contributed by atoms with Crippen LogP contribution in [0.25, 0.3) is 0 Å². The van der Waals surface area contributed by atoms with Crippen LogP contribution < -0.4 is 10.1 Å². The van der Waals surface area contributed by atoms with Crippen molar-refractivity contribution < 1.29 is 19.4 Å². The minimum Gasteiger partial charge on any atom is -0.479 e. The predicted molar refractivity (Wildman–Crippen MR) is 95.6 cm³/mol. The number of nitrogens with one attached hydrogen (secondary N) is 1. The normalized spacial score (nSPS) is 11.6. The summed E-state index contributed by atoms with van der Waals surface area (Å²) in [5.41, 5.74) is 1.32. The van der Waals surface area contributed by atoms with Gasteiger partial charge < -0.3 is 15.2 Å². The van der Waals surface area contributed by atoms with Gasteiger partial charge in [0.25, 0.3) is 5.91 Å². The maximum Gasteiger partial charge on any atom is 0.344 e. The first-order valence-electron chi connectivity index (χ1n) is 8.42. The van der Waals surface area contributed by atoms with Crippen LogP contribution in [-0.2, 0) is 11.3 Å². The van der Waals surface area contributed by atoms with E-state index in [0.717, 1.165) is 18.4 Å². The van der Waals surface area contributed by atoms with Gasteiger partial charge in [-0.05, 0) is 31.0 Å². The Hall–Kier alpha value is -2.82. The molecule has 0 fully saturated rings. The van der Waals surface area contributed by atoms with Gasteiger partial charge in [0.2, 0.25) is 0 Å². The standard InChI is InChI=1S/C20H23NO4/c1-2-3-12-18(20(23)24)25-17-13-8-7-11-16(17)14-21-19(22)15-9-5-4-6-10-15/h4-11,13,18H,2-3,12,14H2,1H3,(H,21,22)(H,23,24). The van der Waals surface area contributed by atoms with Crippen molar-refractivity contribution in [1.29, 1.82) is 0 Å². The second-order valence-electron chi connectivity index (χ2n) is 5.74. The quantitative estimate of drug-likeness (QED) is 0.730. The fraction of sp³-hybridized carbons (Fsp3) is 0.300. The van der Waals surface area contributed by atoms with E-state index in [4.69, 9.17) is 4.74 Å². The molecule has 2 aromatic rings. The van der Waals surface area contributed by atoms with Crippen molar-refractivity contribution in [3.05, 3.63) is 65.7 Å². The lowest BCUT2D eigenvalue weighted by molar-refractivity contribution is -0.145. The minimum atomic E-state index is -0.975. The summed E-state index contributed by atoms with van der Waals surface area (Å²) >= 11 is 0. The van der Waals surface area contributed by atoms with Crippen molar-refractivity contribution >= 4 is 11.9 Å². The zero-order valence-corrected chi connectivity index (χ0v) is 14.3. The SMILES string of the molecule is CCCCC(Oc1ccccc1CNC(=O)c1ccccc1)C(=O)O. The molecule has 1 amide bonds. The molecule has 132 valence electrons. The van der Waals surface area contributed by atoms with E-state index in [1.165, 1.54) is 0 Å². The van der Waals surface area contributed by atoms with Crippen LogP contribution in [0.2, 0.25) is 0 Å². The van der Waals surface area contributed by atoms with Crippen LogP contribution in [0.15, 0.2) is 54.6 Å². The Balaban J connectivity index is 2.04. The number of aliphatic carboxylic acids is 1. The van der Waals surface area contributed by atoms with Gasteiger partial charge in [0.15, 0.2) is 6.10 Å². The summed E-state index contributed by atoms with van der Waals surface area (Å²) in [5, 5.41) is 12.2. The molecule has 5 heteroatoms.